The van der Waals surface area contributed by atoms with Crippen LogP contribution in [0.5, 0.6) is 11.5 Å². The third-order valence-corrected chi connectivity index (χ3v) is 3.34. The maximum absolute atomic E-state index is 11.8. The van der Waals surface area contributed by atoms with Crippen molar-refractivity contribution < 1.29 is 19.1 Å². The number of benzene rings is 1. The number of hydrogen-bond donors (Lipinski definition) is 2. The van der Waals surface area contributed by atoms with Crippen molar-refractivity contribution in [3.05, 3.63) is 23.8 Å². The van der Waals surface area contributed by atoms with Gasteiger partial charge < -0.3 is 20.1 Å². The van der Waals surface area contributed by atoms with Crippen LogP contribution < -0.4 is 20.1 Å². The molecule has 0 atom stereocenters. The average molecular weight is 322 g/mol. The highest BCUT2D eigenvalue weighted by Gasteiger charge is 2.07. The van der Waals surface area contributed by atoms with Crippen LogP contribution in [-0.4, -0.2) is 39.1 Å². The first kappa shape index (κ1) is 18.8. The van der Waals surface area contributed by atoms with Gasteiger partial charge in [0.05, 0.1) is 14.2 Å². The molecule has 1 aromatic carbocycles. The van der Waals surface area contributed by atoms with Crippen molar-refractivity contribution in [1.29, 1.82) is 0 Å². The van der Waals surface area contributed by atoms with Crippen molar-refractivity contribution >= 4 is 11.8 Å². The lowest BCUT2D eigenvalue weighted by atomic mass is 10.1. The van der Waals surface area contributed by atoms with Crippen LogP contribution in [-0.2, 0) is 16.0 Å². The minimum absolute atomic E-state index is 0.0204. The zero-order valence-electron chi connectivity index (χ0n) is 14.1. The summed E-state index contributed by atoms with van der Waals surface area (Å²) in [6.45, 7) is 2.86. The first-order valence-electron chi connectivity index (χ1n) is 7.85. The monoisotopic (exact) mass is 322 g/mol. The van der Waals surface area contributed by atoms with E-state index in [1.165, 1.54) is 0 Å². The van der Waals surface area contributed by atoms with E-state index in [2.05, 4.69) is 10.6 Å². The van der Waals surface area contributed by atoms with Gasteiger partial charge in [-0.2, -0.15) is 0 Å². The third-order valence-electron chi connectivity index (χ3n) is 3.34. The van der Waals surface area contributed by atoms with E-state index >= 15 is 0 Å². The van der Waals surface area contributed by atoms with Gasteiger partial charge in [0.15, 0.2) is 11.5 Å². The number of rotatable bonds is 10. The SMILES string of the molecule is CCCC(=O)NCCNC(=O)CCc1ccc(OC)c(OC)c1. The molecule has 2 amide bonds. The van der Waals surface area contributed by atoms with Crippen LogP contribution in [0.1, 0.15) is 31.7 Å². The van der Waals surface area contributed by atoms with Gasteiger partial charge in [-0.15, -0.1) is 0 Å². The van der Waals surface area contributed by atoms with Crippen LogP contribution >= 0.6 is 0 Å². The topological polar surface area (TPSA) is 76.7 Å². The summed E-state index contributed by atoms with van der Waals surface area (Å²) in [6.07, 6.45) is 2.35. The predicted octanol–water partition coefficient (Wildman–Crippen LogP) is 1.67. The summed E-state index contributed by atoms with van der Waals surface area (Å²) in [4.78, 5) is 23.0. The molecule has 0 fully saturated rings. The van der Waals surface area contributed by atoms with E-state index < -0.39 is 0 Å². The Bertz CT molecular complexity index is 517. The van der Waals surface area contributed by atoms with Crippen LogP contribution in [0.25, 0.3) is 0 Å². The standard InChI is InChI=1S/C17H26N2O4/c1-4-5-16(20)18-10-11-19-17(21)9-7-13-6-8-14(22-2)15(12-13)23-3/h6,8,12H,4-5,7,9-11H2,1-3H3,(H,18,20)(H,19,21). The molecule has 0 heterocycles. The summed E-state index contributed by atoms with van der Waals surface area (Å²) in [6, 6.07) is 5.62. The summed E-state index contributed by atoms with van der Waals surface area (Å²) >= 11 is 0. The average Bonchev–Trinajstić information content (AvgIpc) is 2.56. The molecule has 6 nitrogen and oxygen atoms in total. The normalized spacial score (nSPS) is 10.0. The Balaban J connectivity index is 2.29. The lowest BCUT2D eigenvalue weighted by molar-refractivity contribution is -0.122. The van der Waals surface area contributed by atoms with E-state index in [1.54, 1.807) is 14.2 Å². The minimum Gasteiger partial charge on any atom is -0.493 e. The highest BCUT2D eigenvalue weighted by molar-refractivity contribution is 5.77. The van der Waals surface area contributed by atoms with Crippen molar-refractivity contribution in [2.75, 3.05) is 27.3 Å². The van der Waals surface area contributed by atoms with Gasteiger partial charge in [-0.25, -0.2) is 0 Å². The molecule has 0 aromatic heterocycles. The molecule has 0 saturated carbocycles. The van der Waals surface area contributed by atoms with E-state index in [4.69, 9.17) is 9.47 Å². The largest absolute Gasteiger partial charge is 0.493 e. The first-order valence-corrected chi connectivity index (χ1v) is 7.85. The van der Waals surface area contributed by atoms with Crippen molar-refractivity contribution in [3.63, 3.8) is 0 Å². The third kappa shape index (κ3) is 7.04. The molecule has 0 aliphatic rings. The first-order chi connectivity index (χ1) is 11.1. The number of aryl methyl sites for hydroxylation is 1. The predicted molar refractivity (Wildman–Crippen MR) is 88.8 cm³/mol. The van der Waals surface area contributed by atoms with E-state index in [9.17, 15) is 9.59 Å². The zero-order chi connectivity index (χ0) is 17.1. The highest BCUT2D eigenvalue weighted by atomic mass is 16.5. The Morgan fingerprint density at radius 3 is 2.13 bits per heavy atom. The van der Waals surface area contributed by atoms with Crippen molar-refractivity contribution in [2.45, 2.75) is 32.6 Å². The molecule has 23 heavy (non-hydrogen) atoms. The molecule has 1 aromatic rings. The lowest BCUT2D eigenvalue weighted by Crippen LogP contribution is -2.34. The maximum atomic E-state index is 11.8. The van der Waals surface area contributed by atoms with Crippen molar-refractivity contribution in [3.8, 4) is 11.5 Å². The summed E-state index contributed by atoms with van der Waals surface area (Å²) in [5.41, 5.74) is 1.01. The number of nitrogens with one attached hydrogen (secondary N) is 2. The van der Waals surface area contributed by atoms with Crippen LogP contribution in [0.15, 0.2) is 18.2 Å². The fraction of sp³-hybridized carbons (Fsp3) is 0.529. The molecule has 0 unspecified atom stereocenters. The molecule has 0 radical (unpaired) electrons. The van der Waals surface area contributed by atoms with E-state index in [0.717, 1.165) is 12.0 Å². The molecule has 1 rings (SSSR count). The van der Waals surface area contributed by atoms with Crippen LogP contribution in [0.2, 0.25) is 0 Å². The van der Waals surface area contributed by atoms with Crippen LogP contribution in [0.4, 0.5) is 0 Å². The quantitative estimate of drug-likeness (QED) is 0.643. The van der Waals surface area contributed by atoms with Gasteiger partial charge >= 0.3 is 0 Å². The zero-order valence-corrected chi connectivity index (χ0v) is 14.1. The van der Waals surface area contributed by atoms with Crippen molar-refractivity contribution in [2.24, 2.45) is 0 Å². The van der Waals surface area contributed by atoms with Crippen LogP contribution in [0.3, 0.4) is 0 Å². The Hall–Kier alpha value is -2.24. The molecule has 128 valence electrons. The molecule has 0 spiro atoms. The highest BCUT2D eigenvalue weighted by Crippen LogP contribution is 2.27. The number of hydrogen-bond acceptors (Lipinski definition) is 4. The lowest BCUT2D eigenvalue weighted by Gasteiger charge is -2.10. The van der Waals surface area contributed by atoms with Gasteiger partial charge in [0.25, 0.3) is 0 Å². The maximum Gasteiger partial charge on any atom is 0.220 e. The van der Waals surface area contributed by atoms with Gasteiger partial charge in [-0.3, -0.25) is 9.59 Å². The molecule has 6 heteroatoms. The number of amides is 2. The second-order valence-electron chi connectivity index (χ2n) is 5.14. The van der Waals surface area contributed by atoms with E-state index in [0.29, 0.717) is 43.9 Å². The minimum atomic E-state index is -0.0375. The Labute approximate surface area is 137 Å². The molecule has 2 N–H and O–H groups in total. The smallest absolute Gasteiger partial charge is 0.220 e. The Morgan fingerprint density at radius 1 is 0.957 bits per heavy atom. The molecule has 0 saturated heterocycles. The van der Waals surface area contributed by atoms with Gasteiger partial charge in [-0.1, -0.05) is 13.0 Å². The Morgan fingerprint density at radius 2 is 1.57 bits per heavy atom. The number of carbonyl (C=O) groups excluding carboxylic acids is 2. The Kier molecular flexibility index (Phi) is 8.57. The van der Waals surface area contributed by atoms with Crippen LogP contribution in [0, 0.1) is 0 Å². The number of methoxy groups -OCH3 is 2. The fourth-order valence-corrected chi connectivity index (χ4v) is 2.10. The number of ether oxygens (including phenoxy) is 2. The van der Waals surface area contributed by atoms with E-state index in [-0.39, 0.29) is 11.8 Å². The summed E-state index contributed by atoms with van der Waals surface area (Å²) in [7, 11) is 3.17. The molecular weight excluding hydrogens is 296 g/mol. The summed E-state index contributed by atoms with van der Waals surface area (Å²) in [5, 5.41) is 5.55. The second-order valence-corrected chi connectivity index (χ2v) is 5.14. The molecule has 0 bridgehead atoms. The number of carbonyl (C=O) groups is 2. The second kappa shape index (κ2) is 10.5. The summed E-state index contributed by atoms with van der Waals surface area (Å²) in [5.74, 6) is 1.31. The van der Waals surface area contributed by atoms with E-state index in [1.807, 2.05) is 25.1 Å². The van der Waals surface area contributed by atoms with Gasteiger partial charge in [0.1, 0.15) is 0 Å². The summed E-state index contributed by atoms with van der Waals surface area (Å²) < 4.78 is 10.4. The molecule has 0 aliphatic heterocycles. The van der Waals surface area contributed by atoms with Gasteiger partial charge in [-0.05, 0) is 30.5 Å². The fourth-order valence-electron chi connectivity index (χ4n) is 2.10. The molecule has 0 aliphatic carbocycles. The van der Waals surface area contributed by atoms with Gasteiger partial charge in [0.2, 0.25) is 11.8 Å². The molecular formula is C17H26N2O4. The van der Waals surface area contributed by atoms with Crippen molar-refractivity contribution in [1.82, 2.24) is 10.6 Å². The van der Waals surface area contributed by atoms with Gasteiger partial charge in [0, 0.05) is 25.9 Å².